The molecule has 7 heteroatoms. The molecule has 6 nitrogen and oxygen atoms in total. The van der Waals surface area contributed by atoms with Crippen LogP contribution in [0.15, 0.2) is 18.3 Å². The van der Waals surface area contributed by atoms with Crippen molar-refractivity contribution in [2.75, 3.05) is 36.5 Å². The number of pyridine rings is 1. The van der Waals surface area contributed by atoms with E-state index in [1.807, 2.05) is 6.92 Å². The fourth-order valence-electron chi connectivity index (χ4n) is 1.97. The maximum Gasteiger partial charge on any atom is 0.257 e. The fraction of sp³-hybridized carbons (Fsp3) is 0.500. The number of anilines is 1. The third kappa shape index (κ3) is 3.23. The average Bonchev–Trinajstić information content (AvgIpc) is 2.39. The molecule has 104 valence electrons. The Balaban J connectivity index is 2.16. The summed E-state index contributed by atoms with van der Waals surface area (Å²) in [4.78, 5) is 18.1. The molecular formula is C12H17N3O3S. The summed E-state index contributed by atoms with van der Waals surface area (Å²) in [6, 6.07) is 3.41. The zero-order chi connectivity index (χ0) is 13.9. The number of carbonyl (C=O) groups excluding carboxylic acids is 1. The normalized spacial score (nSPS) is 18.1. The molecule has 0 spiro atoms. The molecule has 0 aliphatic carbocycles. The quantitative estimate of drug-likeness (QED) is 0.867. The first-order valence-electron chi connectivity index (χ1n) is 6.22. The Hall–Kier alpha value is -1.63. The summed E-state index contributed by atoms with van der Waals surface area (Å²) in [7, 11) is -2.98. The van der Waals surface area contributed by atoms with Crippen molar-refractivity contribution in [1.29, 1.82) is 0 Å². The molecule has 2 heterocycles. The minimum atomic E-state index is -2.98. The van der Waals surface area contributed by atoms with Gasteiger partial charge in [-0.15, -0.1) is 0 Å². The van der Waals surface area contributed by atoms with Gasteiger partial charge in [0.1, 0.15) is 5.82 Å². The largest absolute Gasteiger partial charge is 0.370 e. The van der Waals surface area contributed by atoms with Crippen molar-refractivity contribution in [1.82, 2.24) is 9.88 Å². The van der Waals surface area contributed by atoms with Gasteiger partial charge in [-0.05, 0) is 19.1 Å². The van der Waals surface area contributed by atoms with E-state index in [4.69, 9.17) is 0 Å². The number of hydrogen-bond acceptors (Lipinski definition) is 5. The highest BCUT2D eigenvalue weighted by atomic mass is 32.2. The molecule has 1 aliphatic rings. The van der Waals surface area contributed by atoms with Gasteiger partial charge in [-0.3, -0.25) is 4.79 Å². The number of rotatable bonds is 3. The van der Waals surface area contributed by atoms with Crippen molar-refractivity contribution in [3.63, 3.8) is 0 Å². The number of amides is 1. The van der Waals surface area contributed by atoms with E-state index < -0.39 is 9.84 Å². The Labute approximate surface area is 112 Å². The molecule has 0 bridgehead atoms. The Kier molecular flexibility index (Phi) is 4.04. The standard InChI is InChI=1S/C12H17N3O3S/c1-2-13-11-10(4-3-5-14-11)12(16)15-6-8-19(17,18)9-7-15/h3-5H,2,6-9H2,1H3,(H,13,14). The Morgan fingerprint density at radius 1 is 1.42 bits per heavy atom. The molecule has 1 N–H and O–H groups in total. The van der Waals surface area contributed by atoms with Crippen LogP contribution in [-0.2, 0) is 9.84 Å². The van der Waals surface area contributed by atoms with Gasteiger partial charge in [0.25, 0.3) is 5.91 Å². The third-order valence-corrected chi connectivity index (χ3v) is 4.62. The Morgan fingerprint density at radius 2 is 2.11 bits per heavy atom. The molecule has 0 unspecified atom stereocenters. The average molecular weight is 283 g/mol. The maximum absolute atomic E-state index is 12.4. The second-order valence-electron chi connectivity index (χ2n) is 4.37. The van der Waals surface area contributed by atoms with Crippen LogP contribution in [0.1, 0.15) is 17.3 Å². The predicted molar refractivity (Wildman–Crippen MR) is 73.0 cm³/mol. The lowest BCUT2D eigenvalue weighted by Gasteiger charge is -2.27. The third-order valence-electron chi connectivity index (χ3n) is 3.01. The van der Waals surface area contributed by atoms with E-state index in [1.165, 1.54) is 0 Å². The zero-order valence-electron chi connectivity index (χ0n) is 10.8. The van der Waals surface area contributed by atoms with E-state index in [0.717, 1.165) is 0 Å². The monoisotopic (exact) mass is 283 g/mol. The van der Waals surface area contributed by atoms with Gasteiger partial charge in [-0.2, -0.15) is 0 Å². The number of nitrogens with one attached hydrogen (secondary N) is 1. The van der Waals surface area contributed by atoms with E-state index in [0.29, 0.717) is 17.9 Å². The van der Waals surface area contributed by atoms with Gasteiger partial charge < -0.3 is 10.2 Å². The molecule has 0 aromatic carbocycles. The molecule has 1 aromatic rings. The van der Waals surface area contributed by atoms with Crippen molar-refractivity contribution in [2.45, 2.75) is 6.92 Å². The van der Waals surface area contributed by atoms with Crippen molar-refractivity contribution in [3.05, 3.63) is 23.9 Å². The first kappa shape index (κ1) is 13.8. The van der Waals surface area contributed by atoms with Crippen LogP contribution in [0.5, 0.6) is 0 Å². The molecule has 1 aromatic heterocycles. The summed E-state index contributed by atoms with van der Waals surface area (Å²) in [5.74, 6) is 0.452. The second kappa shape index (κ2) is 5.56. The Morgan fingerprint density at radius 3 is 2.74 bits per heavy atom. The first-order valence-corrected chi connectivity index (χ1v) is 8.04. The van der Waals surface area contributed by atoms with Gasteiger partial charge in [0.15, 0.2) is 9.84 Å². The molecular weight excluding hydrogens is 266 g/mol. The molecule has 19 heavy (non-hydrogen) atoms. The summed E-state index contributed by atoms with van der Waals surface area (Å²) < 4.78 is 22.7. The van der Waals surface area contributed by atoms with Crippen molar-refractivity contribution < 1.29 is 13.2 Å². The number of sulfone groups is 1. The van der Waals surface area contributed by atoms with Gasteiger partial charge in [0.05, 0.1) is 17.1 Å². The van der Waals surface area contributed by atoms with Gasteiger partial charge in [0.2, 0.25) is 0 Å². The van der Waals surface area contributed by atoms with Crippen molar-refractivity contribution in [3.8, 4) is 0 Å². The SMILES string of the molecule is CCNc1ncccc1C(=O)N1CCS(=O)(=O)CC1. The van der Waals surface area contributed by atoms with Crippen LogP contribution in [0.4, 0.5) is 5.82 Å². The first-order chi connectivity index (χ1) is 9.03. The molecule has 1 amide bonds. The van der Waals surface area contributed by atoms with Gasteiger partial charge in [0, 0.05) is 25.8 Å². The number of hydrogen-bond donors (Lipinski definition) is 1. The van der Waals surface area contributed by atoms with E-state index in [1.54, 1.807) is 23.2 Å². The lowest BCUT2D eigenvalue weighted by molar-refractivity contribution is 0.0771. The van der Waals surface area contributed by atoms with E-state index in [9.17, 15) is 13.2 Å². The van der Waals surface area contributed by atoms with Crippen LogP contribution in [0.2, 0.25) is 0 Å². The van der Waals surface area contributed by atoms with Crippen LogP contribution < -0.4 is 5.32 Å². The van der Waals surface area contributed by atoms with Gasteiger partial charge in [-0.25, -0.2) is 13.4 Å². The zero-order valence-corrected chi connectivity index (χ0v) is 11.6. The van der Waals surface area contributed by atoms with E-state index >= 15 is 0 Å². The Bertz CT molecular complexity index is 557. The molecule has 2 rings (SSSR count). The van der Waals surface area contributed by atoms with E-state index in [-0.39, 0.29) is 30.5 Å². The summed E-state index contributed by atoms with van der Waals surface area (Å²) in [5, 5.41) is 3.04. The number of nitrogens with zero attached hydrogens (tertiary/aromatic N) is 2. The highest BCUT2D eigenvalue weighted by Crippen LogP contribution is 2.16. The lowest BCUT2D eigenvalue weighted by atomic mass is 10.2. The van der Waals surface area contributed by atoms with Crippen LogP contribution in [-0.4, -0.2) is 55.3 Å². The van der Waals surface area contributed by atoms with Crippen LogP contribution in [0, 0.1) is 0 Å². The van der Waals surface area contributed by atoms with Crippen molar-refractivity contribution in [2.24, 2.45) is 0 Å². The predicted octanol–water partition coefficient (Wildman–Crippen LogP) is 0.384. The second-order valence-corrected chi connectivity index (χ2v) is 6.68. The van der Waals surface area contributed by atoms with E-state index in [2.05, 4.69) is 10.3 Å². The van der Waals surface area contributed by atoms with Gasteiger partial charge in [-0.1, -0.05) is 0 Å². The molecule has 1 aliphatic heterocycles. The van der Waals surface area contributed by atoms with Gasteiger partial charge >= 0.3 is 0 Å². The summed E-state index contributed by atoms with van der Waals surface area (Å²) >= 11 is 0. The summed E-state index contributed by atoms with van der Waals surface area (Å²) in [5.41, 5.74) is 0.489. The van der Waals surface area contributed by atoms with Crippen LogP contribution >= 0.6 is 0 Å². The molecule has 0 radical (unpaired) electrons. The van der Waals surface area contributed by atoms with Crippen molar-refractivity contribution >= 4 is 21.6 Å². The number of carbonyl (C=O) groups is 1. The lowest BCUT2D eigenvalue weighted by Crippen LogP contribution is -2.43. The molecule has 1 saturated heterocycles. The highest BCUT2D eigenvalue weighted by Gasteiger charge is 2.27. The molecule has 0 atom stereocenters. The minimum absolute atomic E-state index is 0.0372. The summed E-state index contributed by atoms with van der Waals surface area (Å²) in [6.07, 6.45) is 1.62. The summed E-state index contributed by atoms with van der Waals surface area (Å²) in [6.45, 7) is 3.10. The topological polar surface area (TPSA) is 79.4 Å². The number of aromatic nitrogens is 1. The van der Waals surface area contributed by atoms with Crippen LogP contribution in [0.3, 0.4) is 0 Å². The molecule has 1 fully saturated rings. The minimum Gasteiger partial charge on any atom is -0.370 e. The fourth-order valence-corrected chi connectivity index (χ4v) is 3.17. The van der Waals surface area contributed by atoms with Crippen LogP contribution in [0.25, 0.3) is 0 Å². The molecule has 0 saturated carbocycles. The smallest absolute Gasteiger partial charge is 0.257 e. The maximum atomic E-state index is 12.4. The highest BCUT2D eigenvalue weighted by molar-refractivity contribution is 7.91.